The van der Waals surface area contributed by atoms with Crippen molar-refractivity contribution in [1.82, 2.24) is 4.72 Å². The Balaban J connectivity index is 2.50. The van der Waals surface area contributed by atoms with E-state index < -0.39 is 50.0 Å². The molecular weight excluding hydrogens is 436 g/mol. The Kier molecular flexibility index (Phi) is 6.60. The number of hydrogen-bond donors (Lipinski definition) is 2. The molecule has 0 aromatic heterocycles. The van der Waals surface area contributed by atoms with Crippen LogP contribution in [-0.2, 0) is 28.8 Å². The molecule has 11 heteroatoms. The highest BCUT2D eigenvalue weighted by Gasteiger charge is 2.39. The highest BCUT2D eigenvalue weighted by molar-refractivity contribution is 7.89. The van der Waals surface area contributed by atoms with Crippen molar-refractivity contribution < 1.29 is 39.9 Å². The molecule has 0 aliphatic carbocycles. The lowest BCUT2D eigenvalue weighted by Crippen LogP contribution is -2.50. The predicted octanol–water partition coefficient (Wildman–Crippen LogP) is 4.38. The van der Waals surface area contributed by atoms with Crippen molar-refractivity contribution in [3.8, 4) is 0 Å². The number of sulfonamides is 1. The van der Waals surface area contributed by atoms with Crippen LogP contribution in [0.5, 0.6) is 0 Å². The summed E-state index contributed by atoms with van der Waals surface area (Å²) in [5, 5.41) is 10.3. The molecule has 0 unspecified atom stereocenters. The van der Waals surface area contributed by atoms with Crippen LogP contribution < -0.4 is 4.72 Å². The van der Waals surface area contributed by atoms with Crippen LogP contribution in [-0.4, -0.2) is 25.2 Å². The first-order valence-corrected chi connectivity index (χ1v) is 10.1. The molecule has 0 bridgehead atoms. The minimum Gasteiger partial charge on any atom is -0.389 e. The fourth-order valence-corrected chi connectivity index (χ4v) is 4.07. The van der Waals surface area contributed by atoms with Crippen molar-refractivity contribution in [2.75, 3.05) is 0 Å². The first kappa shape index (κ1) is 24.2. The van der Waals surface area contributed by atoms with E-state index >= 15 is 0 Å². The third kappa shape index (κ3) is 6.19. The highest BCUT2D eigenvalue weighted by atomic mass is 32.2. The lowest BCUT2D eigenvalue weighted by atomic mass is 9.93. The summed E-state index contributed by atoms with van der Waals surface area (Å²) in [5.41, 5.74) is -4.56. The molecule has 4 nitrogen and oxygen atoms in total. The Morgan fingerprint density at radius 2 is 1.37 bits per heavy atom. The smallest absolute Gasteiger partial charge is 0.389 e. The van der Waals surface area contributed by atoms with E-state index in [9.17, 15) is 39.9 Å². The van der Waals surface area contributed by atoms with E-state index in [1.165, 1.54) is 13.8 Å². The lowest BCUT2D eigenvalue weighted by molar-refractivity contribution is -0.143. The molecule has 0 spiro atoms. The minimum absolute atomic E-state index is 0.0470. The molecule has 0 radical (unpaired) electrons. The van der Waals surface area contributed by atoms with Crippen LogP contribution >= 0.6 is 0 Å². The molecule has 0 aliphatic rings. The van der Waals surface area contributed by atoms with Crippen molar-refractivity contribution in [3.63, 3.8) is 0 Å². The maximum absolute atomic E-state index is 13.0. The van der Waals surface area contributed by atoms with Crippen molar-refractivity contribution in [2.24, 2.45) is 0 Å². The van der Waals surface area contributed by atoms with Gasteiger partial charge in [0.05, 0.1) is 27.7 Å². The van der Waals surface area contributed by atoms with Gasteiger partial charge >= 0.3 is 12.4 Å². The van der Waals surface area contributed by atoms with Gasteiger partial charge in [-0.2, -0.15) is 26.3 Å². The Labute approximate surface area is 169 Å². The minimum atomic E-state index is -5.19. The first-order chi connectivity index (χ1) is 13.5. The topological polar surface area (TPSA) is 66.4 Å². The summed E-state index contributed by atoms with van der Waals surface area (Å²) in [7, 11) is -4.84. The van der Waals surface area contributed by atoms with Gasteiger partial charge in [-0.3, -0.25) is 0 Å². The second-order valence-corrected chi connectivity index (χ2v) is 8.97. The Morgan fingerprint density at radius 1 is 0.900 bits per heavy atom. The standard InChI is InChI=1S/C19H19F6NO3S/c1-17(2,27)16(8-12-6-4-3-5-7-12)26-30(28,29)15-10-13(18(20,21)22)9-14(11-15)19(23,24)25/h3-7,9-11,16,26-27H,8H2,1-2H3/t16-/m0/s1. The summed E-state index contributed by atoms with van der Waals surface area (Å²) in [6, 6.07) is 7.17. The molecular formula is C19H19F6NO3S. The van der Waals surface area contributed by atoms with Crippen molar-refractivity contribution in [2.45, 2.75) is 49.2 Å². The van der Waals surface area contributed by atoms with Gasteiger partial charge in [0, 0.05) is 0 Å². The van der Waals surface area contributed by atoms with Crippen LogP contribution in [0.4, 0.5) is 26.3 Å². The van der Waals surface area contributed by atoms with E-state index in [1.54, 1.807) is 30.3 Å². The van der Waals surface area contributed by atoms with Crippen LogP contribution in [0.2, 0.25) is 0 Å². The van der Waals surface area contributed by atoms with Crippen LogP contribution in [0, 0.1) is 0 Å². The van der Waals surface area contributed by atoms with Gasteiger partial charge in [-0.25, -0.2) is 13.1 Å². The third-order valence-corrected chi connectivity index (χ3v) is 5.76. The SMILES string of the molecule is CC(C)(O)[C@H](Cc1ccccc1)NS(=O)(=O)c1cc(C(F)(F)F)cc(C(F)(F)F)c1. The zero-order valence-corrected chi connectivity index (χ0v) is 16.7. The van der Waals surface area contributed by atoms with E-state index in [-0.39, 0.29) is 24.6 Å². The third-order valence-electron chi connectivity index (χ3n) is 4.30. The van der Waals surface area contributed by atoms with Crippen LogP contribution in [0.3, 0.4) is 0 Å². The van der Waals surface area contributed by atoms with Gasteiger partial charge in [0.15, 0.2) is 0 Å². The quantitative estimate of drug-likeness (QED) is 0.636. The van der Waals surface area contributed by atoms with Crippen molar-refractivity contribution in [1.29, 1.82) is 0 Å². The van der Waals surface area contributed by atoms with Crippen molar-refractivity contribution >= 4 is 10.0 Å². The molecule has 0 aliphatic heterocycles. The Morgan fingerprint density at radius 3 is 1.77 bits per heavy atom. The molecule has 1 atom stereocenters. The monoisotopic (exact) mass is 455 g/mol. The van der Waals surface area contributed by atoms with Gasteiger partial charge in [-0.15, -0.1) is 0 Å². The van der Waals surface area contributed by atoms with Gasteiger partial charge in [-0.1, -0.05) is 30.3 Å². The van der Waals surface area contributed by atoms with Gasteiger partial charge in [0.1, 0.15) is 0 Å². The van der Waals surface area contributed by atoms with E-state index in [4.69, 9.17) is 0 Å². The largest absolute Gasteiger partial charge is 0.416 e. The Hall–Kier alpha value is -2.11. The van der Waals surface area contributed by atoms with Gasteiger partial charge in [0.2, 0.25) is 10.0 Å². The summed E-state index contributed by atoms with van der Waals surface area (Å²) < 4.78 is 106. The number of hydrogen-bond acceptors (Lipinski definition) is 3. The fraction of sp³-hybridized carbons (Fsp3) is 0.368. The summed E-state index contributed by atoms with van der Waals surface area (Å²) in [6.07, 6.45) is -10.4. The van der Waals surface area contributed by atoms with E-state index in [2.05, 4.69) is 0 Å². The molecule has 0 saturated carbocycles. The molecule has 0 fully saturated rings. The molecule has 166 valence electrons. The number of halogens is 6. The molecule has 2 rings (SSSR count). The second-order valence-electron chi connectivity index (χ2n) is 7.26. The summed E-state index contributed by atoms with van der Waals surface area (Å²) in [4.78, 5) is -1.20. The molecule has 0 heterocycles. The predicted molar refractivity (Wildman–Crippen MR) is 97.0 cm³/mol. The zero-order valence-electron chi connectivity index (χ0n) is 15.8. The lowest BCUT2D eigenvalue weighted by Gasteiger charge is -2.30. The fourth-order valence-electron chi connectivity index (χ4n) is 2.62. The highest BCUT2D eigenvalue weighted by Crippen LogP contribution is 2.37. The maximum Gasteiger partial charge on any atom is 0.416 e. The molecule has 0 amide bonds. The van der Waals surface area contributed by atoms with Gasteiger partial charge in [-0.05, 0) is 44.0 Å². The molecule has 30 heavy (non-hydrogen) atoms. The Bertz CT molecular complexity index is 948. The molecule has 2 aromatic carbocycles. The van der Waals surface area contributed by atoms with Crippen LogP contribution in [0.15, 0.2) is 53.4 Å². The summed E-state index contributed by atoms with van der Waals surface area (Å²) >= 11 is 0. The van der Waals surface area contributed by atoms with Gasteiger partial charge in [0.25, 0.3) is 0 Å². The van der Waals surface area contributed by atoms with E-state index in [0.29, 0.717) is 5.56 Å². The first-order valence-electron chi connectivity index (χ1n) is 8.58. The zero-order chi connectivity index (χ0) is 23.0. The van der Waals surface area contributed by atoms with E-state index in [1.807, 2.05) is 4.72 Å². The maximum atomic E-state index is 13.0. The number of nitrogens with one attached hydrogen (secondary N) is 1. The average Bonchev–Trinajstić information content (AvgIpc) is 2.59. The number of alkyl halides is 6. The molecule has 2 N–H and O–H groups in total. The van der Waals surface area contributed by atoms with E-state index in [0.717, 1.165) is 0 Å². The summed E-state index contributed by atoms with van der Waals surface area (Å²) in [6.45, 7) is 2.55. The summed E-state index contributed by atoms with van der Waals surface area (Å²) in [5.74, 6) is 0. The number of rotatable bonds is 6. The average molecular weight is 455 g/mol. The van der Waals surface area contributed by atoms with Crippen LogP contribution in [0.1, 0.15) is 30.5 Å². The number of aliphatic hydroxyl groups is 1. The van der Waals surface area contributed by atoms with Crippen LogP contribution in [0.25, 0.3) is 0 Å². The molecule has 0 saturated heterocycles. The van der Waals surface area contributed by atoms with Gasteiger partial charge < -0.3 is 5.11 Å². The normalized spacial score (nSPS) is 14.6. The number of benzene rings is 2. The molecule has 2 aromatic rings. The second kappa shape index (κ2) is 8.20. The van der Waals surface area contributed by atoms with Crippen molar-refractivity contribution in [3.05, 3.63) is 65.2 Å².